The van der Waals surface area contributed by atoms with Gasteiger partial charge in [-0.3, -0.25) is 14.6 Å². The normalized spacial score (nSPS) is 16.4. The molecule has 0 saturated carbocycles. The van der Waals surface area contributed by atoms with Gasteiger partial charge in [-0.1, -0.05) is 18.2 Å². The predicted molar refractivity (Wildman–Crippen MR) is 84.9 cm³/mol. The number of hydrogen-bond donors (Lipinski definition) is 2. The zero-order valence-electron chi connectivity index (χ0n) is 12.9. The molecular formula is C16H25N3O3. The Kier molecular flexibility index (Phi) is 7.15. The number of piperazine rings is 1. The SMILES string of the molecule is O=C(CN1CCN(CCO)CC1)NCCOc1ccccc1. The highest BCUT2D eigenvalue weighted by Crippen LogP contribution is 2.07. The number of ether oxygens (including phenoxy) is 1. The van der Waals surface area contributed by atoms with Gasteiger partial charge in [-0.25, -0.2) is 0 Å². The lowest BCUT2D eigenvalue weighted by molar-refractivity contribution is -0.122. The molecule has 1 aliphatic heterocycles. The smallest absolute Gasteiger partial charge is 0.234 e. The van der Waals surface area contributed by atoms with E-state index < -0.39 is 0 Å². The Morgan fingerprint density at radius 3 is 2.50 bits per heavy atom. The summed E-state index contributed by atoms with van der Waals surface area (Å²) in [6.07, 6.45) is 0. The van der Waals surface area contributed by atoms with E-state index in [-0.39, 0.29) is 12.5 Å². The lowest BCUT2D eigenvalue weighted by Crippen LogP contribution is -2.50. The molecule has 0 aliphatic carbocycles. The second-order valence-electron chi connectivity index (χ2n) is 5.35. The third-order valence-corrected chi connectivity index (χ3v) is 3.68. The second-order valence-corrected chi connectivity index (χ2v) is 5.35. The summed E-state index contributed by atoms with van der Waals surface area (Å²) in [6.45, 7) is 5.88. The van der Waals surface area contributed by atoms with Crippen LogP contribution in [0.2, 0.25) is 0 Å². The molecule has 0 unspecified atom stereocenters. The summed E-state index contributed by atoms with van der Waals surface area (Å²) in [4.78, 5) is 16.2. The number of β-amino-alcohol motifs (C(OH)–C–C–N with tert-alkyl or cyclic N) is 1. The summed E-state index contributed by atoms with van der Waals surface area (Å²) >= 11 is 0. The van der Waals surface area contributed by atoms with E-state index >= 15 is 0 Å². The molecule has 6 nitrogen and oxygen atoms in total. The first kappa shape index (κ1) is 16.7. The van der Waals surface area contributed by atoms with Crippen molar-refractivity contribution < 1.29 is 14.6 Å². The summed E-state index contributed by atoms with van der Waals surface area (Å²) in [7, 11) is 0. The van der Waals surface area contributed by atoms with Gasteiger partial charge in [-0.2, -0.15) is 0 Å². The third-order valence-electron chi connectivity index (χ3n) is 3.68. The minimum Gasteiger partial charge on any atom is -0.492 e. The van der Waals surface area contributed by atoms with Gasteiger partial charge in [-0.15, -0.1) is 0 Å². The number of aliphatic hydroxyl groups is 1. The van der Waals surface area contributed by atoms with Gasteiger partial charge >= 0.3 is 0 Å². The summed E-state index contributed by atoms with van der Waals surface area (Å²) < 4.78 is 5.53. The van der Waals surface area contributed by atoms with Gasteiger partial charge in [0.25, 0.3) is 0 Å². The first-order valence-electron chi connectivity index (χ1n) is 7.78. The average Bonchev–Trinajstić information content (AvgIpc) is 2.55. The molecule has 0 bridgehead atoms. The van der Waals surface area contributed by atoms with E-state index in [1.54, 1.807) is 0 Å². The zero-order valence-corrected chi connectivity index (χ0v) is 12.9. The van der Waals surface area contributed by atoms with E-state index in [1.807, 2.05) is 30.3 Å². The molecule has 1 heterocycles. The number of rotatable bonds is 8. The Morgan fingerprint density at radius 2 is 1.82 bits per heavy atom. The van der Waals surface area contributed by atoms with Crippen LogP contribution in [0, 0.1) is 0 Å². The van der Waals surface area contributed by atoms with E-state index in [1.165, 1.54) is 0 Å². The molecule has 1 amide bonds. The van der Waals surface area contributed by atoms with Crippen molar-refractivity contribution >= 4 is 5.91 Å². The fourth-order valence-electron chi connectivity index (χ4n) is 2.45. The summed E-state index contributed by atoms with van der Waals surface area (Å²) in [5.74, 6) is 0.851. The third kappa shape index (κ3) is 6.01. The van der Waals surface area contributed by atoms with Crippen LogP contribution in [-0.2, 0) is 4.79 Å². The molecule has 0 radical (unpaired) electrons. The van der Waals surface area contributed by atoms with Gasteiger partial charge in [0.05, 0.1) is 19.7 Å². The van der Waals surface area contributed by atoms with Crippen LogP contribution in [0.25, 0.3) is 0 Å². The van der Waals surface area contributed by atoms with Crippen LogP contribution in [-0.4, -0.2) is 79.8 Å². The Morgan fingerprint density at radius 1 is 1.14 bits per heavy atom. The fourth-order valence-corrected chi connectivity index (χ4v) is 2.45. The van der Waals surface area contributed by atoms with Gasteiger partial charge in [0.2, 0.25) is 5.91 Å². The molecule has 1 aromatic rings. The molecule has 2 rings (SSSR count). The number of nitrogens with zero attached hydrogens (tertiary/aromatic N) is 2. The van der Waals surface area contributed by atoms with Gasteiger partial charge in [-0.05, 0) is 12.1 Å². The summed E-state index contributed by atoms with van der Waals surface area (Å²) in [5, 5.41) is 11.8. The Hall–Kier alpha value is -1.63. The lowest BCUT2D eigenvalue weighted by Gasteiger charge is -2.33. The first-order valence-corrected chi connectivity index (χ1v) is 7.78. The molecule has 1 aliphatic rings. The van der Waals surface area contributed by atoms with Gasteiger partial charge < -0.3 is 15.2 Å². The maximum absolute atomic E-state index is 11.9. The second kappa shape index (κ2) is 9.40. The molecule has 2 N–H and O–H groups in total. The molecular weight excluding hydrogens is 282 g/mol. The van der Waals surface area contributed by atoms with Crippen molar-refractivity contribution in [2.45, 2.75) is 0 Å². The quantitative estimate of drug-likeness (QED) is 0.651. The molecule has 122 valence electrons. The molecule has 1 fully saturated rings. The lowest BCUT2D eigenvalue weighted by atomic mass is 10.3. The van der Waals surface area contributed by atoms with Gasteiger partial charge in [0.1, 0.15) is 12.4 Å². The Balaban J connectivity index is 1.55. The van der Waals surface area contributed by atoms with Crippen molar-refractivity contribution in [3.05, 3.63) is 30.3 Å². The van der Waals surface area contributed by atoms with Crippen LogP contribution in [0.4, 0.5) is 0 Å². The van der Waals surface area contributed by atoms with Crippen LogP contribution in [0.5, 0.6) is 5.75 Å². The van der Waals surface area contributed by atoms with Crippen LogP contribution in [0.15, 0.2) is 30.3 Å². The van der Waals surface area contributed by atoms with E-state index in [0.29, 0.717) is 19.7 Å². The van der Waals surface area contributed by atoms with Gasteiger partial charge in [0.15, 0.2) is 0 Å². The van der Waals surface area contributed by atoms with Crippen LogP contribution >= 0.6 is 0 Å². The topological polar surface area (TPSA) is 65.0 Å². The number of amides is 1. The Bertz CT molecular complexity index is 434. The molecule has 1 aromatic carbocycles. The minimum absolute atomic E-state index is 0.0345. The first-order chi connectivity index (χ1) is 10.8. The number of nitrogens with one attached hydrogen (secondary N) is 1. The highest BCUT2D eigenvalue weighted by Gasteiger charge is 2.18. The number of aliphatic hydroxyl groups excluding tert-OH is 1. The number of carbonyl (C=O) groups excluding carboxylic acids is 1. The number of hydrogen-bond acceptors (Lipinski definition) is 5. The number of carbonyl (C=O) groups is 1. The molecule has 0 atom stereocenters. The maximum atomic E-state index is 11.9. The molecule has 1 saturated heterocycles. The molecule has 0 spiro atoms. The van der Waals surface area contributed by atoms with Crippen LogP contribution < -0.4 is 10.1 Å². The highest BCUT2D eigenvalue weighted by molar-refractivity contribution is 5.78. The zero-order chi connectivity index (χ0) is 15.6. The maximum Gasteiger partial charge on any atom is 0.234 e. The monoisotopic (exact) mass is 307 g/mol. The Labute approximate surface area is 131 Å². The molecule has 0 aromatic heterocycles. The van der Waals surface area contributed by atoms with Crippen molar-refractivity contribution in [3.8, 4) is 5.75 Å². The van der Waals surface area contributed by atoms with E-state index in [9.17, 15) is 4.79 Å². The van der Waals surface area contributed by atoms with E-state index in [4.69, 9.17) is 9.84 Å². The summed E-state index contributed by atoms with van der Waals surface area (Å²) in [5.41, 5.74) is 0. The number of benzene rings is 1. The molecule has 22 heavy (non-hydrogen) atoms. The van der Waals surface area contributed by atoms with Crippen LogP contribution in [0.3, 0.4) is 0 Å². The van der Waals surface area contributed by atoms with Crippen molar-refractivity contribution in [3.63, 3.8) is 0 Å². The van der Waals surface area contributed by atoms with E-state index in [0.717, 1.165) is 38.5 Å². The average molecular weight is 307 g/mol. The summed E-state index contributed by atoms with van der Waals surface area (Å²) in [6, 6.07) is 9.57. The van der Waals surface area contributed by atoms with E-state index in [2.05, 4.69) is 15.1 Å². The van der Waals surface area contributed by atoms with Crippen LogP contribution in [0.1, 0.15) is 0 Å². The highest BCUT2D eigenvalue weighted by atomic mass is 16.5. The predicted octanol–water partition coefficient (Wildman–Crippen LogP) is -0.208. The largest absolute Gasteiger partial charge is 0.492 e. The van der Waals surface area contributed by atoms with Crippen molar-refractivity contribution in [1.29, 1.82) is 0 Å². The van der Waals surface area contributed by atoms with Crippen molar-refractivity contribution in [2.75, 3.05) is 59.0 Å². The van der Waals surface area contributed by atoms with Crippen molar-refractivity contribution in [1.82, 2.24) is 15.1 Å². The van der Waals surface area contributed by atoms with Gasteiger partial charge in [0, 0.05) is 32.7 Å². The molecule has 6 heteroatoms. The standard InChI is InChI=1S/C16H25N3O3/c20-12-11-18-7-9-19(10-8-18)14-16(21)17-6-13-22-15-4-2-1-3-5-15/h1-5,20H,6-14H2,(H,17,21). The fraction of sp³-hybridized carbons (Fsp3) is 0.562. The van der Waals surface area contributed by atoms with Crippen molar-refractivity contribution in [2.24, 2.45) is 0 Å². The number of para-hydroxylation sites is 1. The minimum atomic E-state index is 0.0345.